The van der Waals surface area contributed by atoms with Crippen LogP contribution in [-0.4, -0.2) is 26.5 Å². The van der Waals surface area contributed by atoms with Gasteiger partial charge >= 0.3 is 0 Å². The van der Waals surface area contributed by atoms with E-state index in [0.717, 1.165) is 12.8 Å². The van der Waals surface area contributed by atoms with E-state index in [9.17, 15) is 8.42 Å². The lowest BCUT2D eigenvalue weighted by Gasteiger charge is -2.08. The Hall–Kier alpha value is -1.14. The lowest BCUT2D eigenvalue weighted by molar-refractivity contribution is 0.567. The highest BCUT2D eigenvalue weighted by molar-refractivity contribution is 7.89. The van der Waals surface area contributed by atoms with Gasteiger partial charge in [-0.1, -0.05) is 39.0 Å². The van der Waals surface area contributed by atoms with E-state index >= 15 is 0 Å². The molecule has 5 nitrogen and oxygen atoms in total. The number of rotatable bonds is 11. The Morgan fingerprint density at radius 2 is 1.81 bits per heavy atom. The Bertz CT molecular complexity index is 503. The van der Waals surface area contributed by atoms with Crippen molar-refractivity contribution in [3.8, 4) is 0 Å². The van der Waals surface area contributed by atoms with Gasteiger partial charge in [-0.15, -0.1) is 0 Å². The van der Waals surface area contributed by atoms with E-state index in [2.05, 4.69) is 21.9 Å². The lowest BCUT2D eigenvalue weighted by atomic mass is 10.1. The third-order valence-corrected chi connectivity index (χ3v) is 4.68. The number of hydrogen-bond donors (Lipinski definition) is 2. The predicted octanol–water partition coefficient (Wildman–Crippen LogP) is 3.15. The van der Waals surface area contributed by atoms with Crippen molar-refractivity contribution < 1.29 is 8.42 Å². The van der Waals surface area contributed by atoms with Gasteiger partial charge in [-0.3, -0.25) is 0 Å². The van der Waals surface area contributed by atoms with Gasteiger partial charge in [0, 0.05) is 25.4 Å². The molecule has 1 aromatic rings. The molecule has 0 fully saturated rings. The molecule has 0 saturated carbocycles. The molecular weight excluding hydrogens is 286 g/mol. The molecule has 2 N–H and O–H groups in total. The molecule has 0 atom stereocenters. The average molecular weight is 313 g/mol. The Labute approximate surface area is 128 Å². The zero-order chi connectivity index (χ0) is 15.6. The Morgan fingerprint density at radius 1 is 1.10 bits per heavy atom. The van der Waals surface area contributed by atoms with E-state index in [4.69, 9.17) is 0 Å². The van der Waals surface area contributed by atoms with Crippen molar-refractivity contribution in [2.45, 2.75) is 57.3 Å². The van der Waals surface area contributed by atoms with Crippen molar-refractivity contribution in [3.63, 3.8) is 0 Å². The predicted molar refractivity (Wildman–Crippen MR) is 87.0 cm³/mol. The number of pyridine rings is 1. The first kappa shape index (κ1) is 17.9. The van der Waals surface area contributed by atoms with Crippen molar-refractivity contribution in [1.29, 1.82) is 0 Å². The van der Waals surface area contributed by atoms with Crippen LogP contribution in [-0.2, 0) is 10.0 Å². The summed E-state index contributed by atoms with van der Waals surface area (Å²) in [6, 6.07) is 3.08. The molecule has 0 bridgehead atoms. The summed E-state index contributed by atoms with van der Waals surface area (Å²) in [5, 5.41) is 3.01. The van der Waals surface area contributed by atoms with Crippen LogP contribution in [0.25, 0.3) is 0 Å². The number of nitrogens with zero attached hydrogens (tertiary/aromatic N) is 1. The summed E-state index contributed by atoms with van der Waals surface area (Å²) in [5.41, 5.74) is 0. The van der Waals surface area contributed by atoms with Crippen LogP contribution in [0.5, 0.6) is 0 Å². The summed E-state index contributed by atoms with van der Waals surface area (Å²) < 4.78 is 27.0. The molecule has 21 heavy (non-hydrogen) atoms. The molecule has 1 heterocycles. The van der Waals surface area contributed by atoms with Crippen molar-refractivity contribution in [2.24, 2.45) is 0 Å². The molecule has 0 aliphatic rings. The first-order valence-corrected chi connectivity index (χ1v) is 9.28. The molecule has 0 unspecified atom stereocenters. The Morgan fingerprint density at radius 3 is 2.52 bits per heavy atom. The summed E-state index contributed by atoms with van der Waals surface area (Å²) in [5.74, 6) is 0.583. The third kappa shape index (κ3) is 6.91. The van der Waals surface area contributed by atoms with Crippen LogP contribution < -0.4 is 10.0 Å². The van der Waals surface area contributed by atoms with Gasteiger partial charge < -0.3 is 5.32 Å². The second-order valence-corrected chi connectivity index (χ2v) is 6.84. The highest BCUT2D eigenvalue weighted by Gasteiger charge is 2.13. The quantitative estimate of drug-likeness (QED) is 0.616. The van der Waals surface area contributed by atoms with Crippen LogP contribution in [0.4, 0.5) is 5.82 Å². The van der Waals surface area contributed by atoms with Crippen molar-refractivity contribution in [2.75, 3.05) is 18.4 Å². The molecule has 0 saturated heterocycles. The maximum absolute atomic E-state index is 12.2. The molecule has 0 amide bonds. The van der Waals surface area contributed by atoms with Gasteiger partial charge in [-0.05, 0) is 19.4 Å². The molecule has 0 spiro atoms. The standard InChI is InChI=1S/C15H27N3O2S/c1-3-5-6-7-8-9-11-18-21(19,20)14-10-12-17-15(13-14)16-4-2/h10,12-13,18H,3-9,11H2,1-2H3,(H,16,17). The smallest absolute Gasteiger partial charge is 0.240 e. The molecule has 1 rings (SSSR count). The van der Waals surface area contributed by atoms with E-state index in [1.165, 1.54) is 37.9 Å². The van der Waals surface area contributed by atoms with Gasteiger partial charge in [0.15, 0.2) is 0 Å². The molecule has 0 aliphatic heterocycles. The highest BCUT2D eigenvalue weighted by Crippen LogP contribution is 2.12. The number of anilines is 1. The normalized spacial score (nSPS) is 11.5. The number of sulfonamides is 1. The van der Waals surface area contributed by atoms with Gasteiger partial charge in [0.2, 0.25) is 10.0 Å². The third-order valence-electron chi connectivity index (χ3n) is 3.22. The summed E-state index contributed by atoms with van der Waals surface area (Å²) in [7, 11) is -3.43. The zero-order valence-corrected chi connectivity index (χ0v) is 13.9. The van der Waals surface area contributed by atoms with E-state index in [-0.39, 0.29) is 4.90 Å². The zero-order valence-electron chi connectivity index (χ0n) is 13.1. The van der Waals surface area contributed by atoms with Gasteiger partial charge in [-0.25, -0.2) is 18.1 Å². The largest absolute Gasteiger partial charge is 0.370 e. The molecule has 1 aromatic heterocycles. The Balaban J connectivity index is 2.41. The minimum Gasteiger partial charge on any atom is -0.370 e. The molecule has 0 aromatic carbocycles. The van der Waals surface area contributed by atoms with E-state index < -0.39 is 10.0 Å². The second kappa shape index (κ2) is 9.73. The fraction of sp³-hybridized carbons (Fsp3) is 0.667. The van der Waals surface area contributed by atoms with Crippen molar-refractivity contribution in [3.05, 3.63) is 18.3 Å². The first-order chi connectivity index (χ1) is 10.1. The Kier molecular flexibility index (Phi) is 8.30. The average Bonchev–Trinajstić information content (AvgIpc) is 2.47. The molecule has 6 heteroatoms. The molecule has 0 aliphatic carbocycles. The number of hydrogen-bond acceptors (Lipinski definition) is 4. The summed E-state index contributed by atoms with van der Waals surface area (Å²) in [4.78, 5) is 4.34. The maximum atomic E-state index is 12.2. The van der Waals surface area contributed by atoms with Crippen molar-refractivity contribution >= 4 is 15.8 Å². The van der Waals surface area contributed by atoms with Crippen molar-refractivity contribution in [1.82, 2.24) is 9.71 Å². The topological polar surface area (TPSA) is 71.1 Å². The van der Waals surface area contributed by atoms with E-state index in [0.29, 0.717) is 18.9 Å². The van der Waals surface area contributed by atoms with E-state index in [1.54, 1.807) is 6.07 Å². The highest BCUT2D eigenvalue weighted by atomic mass is 32.2. The SMILES string of the molecule is CCCCCCCCNS(=O)(=O)c1ccnc(NCC)c1. The van der Waals surface area contributed by atoms with Crippen LogP contribution >= 0.6 is 0 Å². The first-order valence-electron chi connectivity index (χ1n) is 7.79. The van der Waals surface area contributed by atoms with Gasteiger partial charge in [0.05, 0.1) is 4.90 Å². The maximum Gasteiger partial charge on any atom is 0.240 e. The molecular formula is C15H27N3O2S. The molecule has 0 radical (unpaired) electrons. The fourth-order valence-corrected chi connectivity index (χ4v) is 3.14. The summed E-state index contributed by atoms with van der Waals surface area (Å²) in [6.45, 7) is 5.33. The van der Waals surface area contributed by atoms with Crippen LogP contribution in [0.15, 0.2) is 23.2 Å². The van der Waals surface area contributed by atoms with Crippen LogP contribution in [0.1, 0.15) is 52.4 Å². The number of aromatic nitrogens is 1. The van der Waals surface area contributed by atoms with E-state index in [1.807, 2.05) is 6.92 Å². The number of unbranched alkanes of at least 4 members (excludes halogenated alkanes) is 5. The van der Waals surface area contributed by atoms with Crippen LogP contribution in [0, 0.1) is 0 Å². The van der Waals surface area contributed by atoms with Gasteiger partial charge in [0.25, 0.3) is 0 Å². The minimum absolute atomic E-state index is 0.263. The van der Waals surface area contributed by atoms with Crippen LogP contribution in [0.2, 0.25) is 0 Å². The fourth-order valence-electron chi connectivity index (χ4n) is 2.05. The lowest BCUT2D eigenvalue weighted by Crippen LogP contribution is -2.25. The van der Waals surface area contributed by atoms with Crippen LogP contribution in [0.3, 0.4) is 0 Å². The minimum atomic E-state index is -3.43. The molecule has 120 valence electrons. The monoisotopic (exact) mass is 313 g/mol. The van der Waals surface area contributed by atoms with Gasteiger partial charge in [0.1, 0.15) is 5.82 Å². The summed E-state index contributed by atoms with van der Waals surface area (Å²) in [6.07, 6.45) is 8.36. The summed E-state index contributed by atoms with van der Waals surface area (Å²) >= 11 is 0. The van der Waals surface area contributed by atoms with Gasteiger partial charge in [-0.2, -0.15) is 0 Å². The number of nitrogens with one attached hydrogen (secondary N) is 2. The second-order valence-electron chi connectivity index (χ2n) is 5.07.